The van der Waals surface area contributed by atoms with Gasteiger partial charge in [0.05, 0.1) is 24.9 Å². The van der Waals surface area contributed by atoms with Gasteiger partial charge in [0.1, 0.15) is 11.9 Å². The first-order chi connectivity index (χ1) is 14.7. The Morgan fingerprint density at radius 2 is 1.87 bits per heavy atom. The zero-order valence-corrected chi connectivity index (χ0v) is 17.0. The molecule has 4 heterocycles. The Morgan fingerprint density at radius 3 is 2.48 bits per heavy atom. The summed E-state index contributed by atoms with van der Waals surface area (Å²) < 4.78 is 43.9. The molecule has 0 radical (unpaired) electrons. The Morgan fingerprint density at radius 1 is 1.19 bits per heavy atom. The first kappa shape index (κ1) is 23.1. The molecule has 1 spiro atoms. The van der Waals surface area contributed by atoms with E-state index in [1.807, 2.05) is 21.9 Å². The molecule has 1 aromatic heterocycles. The number of hydrogen-bond acceptors (Lipinski definition) is 5. The van der Waals surface area contributed by atoms with Crippen LogP contribution in [0.25, 0.3) is 0 Å². The van der Waals surface area contributed by atoms with Crippen LogP contribution in [-0.2, 0) is 9.53 Å². The van der Waals surface area contributed by atoms with Gasteiger partial charge in [0.25, 0.3) is 0 Å². The number of rotatable bonds is 2. The summed E-state index contributed by atoms with van der Waals surface area (Å²) >= 11 is 0. The van der Waals surface area contributed by atoms with E-state index in [1.165, 1.54) is 0 Å². The van der Waals surface area contributed by atoms with E-state index in [0.29, 0.717) is 13.2 Å². The highest BCUT2D eigenvalue weighted by atomic mass is 19.4. The maximum absolute atomic E-state index is 12.7. The first-order valence-electron chi connectivity index (χ1n) is 10.2. The fourth-order valence-corrected chi connectivity index (χ4v) is 4.14. The average Bonchev–Trinajstić information content (AvgIpc) is 3.39. The number of pyridine rings is 1. The second-order valence-electron chi connectivity index (χ2n) is 7.93. The van der Waals surface area contributed by atoms with Crippen LogP contribution in [0.5, 0.6) is 5.75 Å². The third kappa shape index (κ3) is 6.22. The Labute approximate surface area is 177 Å². The monoisotopic (exact) mass is 445 g/mol. The van der Waals surface area contributed by atoms with Crippen molar-refractivity contribution in [2.24, 2.45) is 0 Å². The van der Waals surface area contributed by atoms with Crippen molar-refractivity contribution in [1.29, 1.82) is 0 Å². The molecule has 3 fully saturated rings. The number of nitrogens with zero attached hydrogens (tertiary/aromatic N) is 3. The van der Waals surface area contributed by atoms with Crippen molar-refractivity contribution >= 4 is 12.0 Å². The molecule has 3 aliphatic heterocycles. The fourth-order valence-electron chi connectivity index (χ4n) is 4.14. The van der Waals surface area contributed by atoms with E-state index in [2.05, 4.69) is 4.98 Å². The molecule has 1 aromatic rings. The zero-order valence-electron chi connectivity index (χ0n) is 17.0. The van der Waals surface area contributed by atoms with Crippen LogP contribution in [0.3, 0.4) is 0 Å². The number of halogens is 3. The summed E-state index contributed by atoms with van der Waals surface area (Å²) in [6.07, 6.45) is 3.52. The smallest absolute Gasteiger partial charge is 0.486 e. The number of ether oxygens (including phenoxy) is 2. The third-order valence-electron chi connectivity index (χ3n) is 5.54. The molecule has 11 heteroatoms. The van der Waals surface area contributed by atoms with Gasteiger partial charge in [-0.05, 0) is 37.8 Å². The van der Waals surface area contributed by atoms with Gasteiger partial charge < -0.3 is 24.4 Å². The maximum Gasteiger partial charge on any atom is 0.490 e. The number of alkyl halides is 3. The van der Waals surface area contributed by atoms with E-state index < -0.39 is 12.1 Å². The van der Waals surface area contributed by atoms with Gasteiger partial charge in [0.15, 0.2) is 0 Å². The molecule has 1 N–H and O–H groups in total. The van der Waals surface area contributed by atoms with Crippen LogP contribution >= 0.6 is 0 Å². The fraction of sp³-hybridized carbons (Fsp3) is 0.650. The molecule has 0 bridgehead atoms. The van der Waals surface area contributed by atoms with Gasteiger partial charge in [-0.1, -0.05) is 0 Å². The molecule has 0 aromatic carbocycles. The summed E-state index contributed by atoms with van der Waals surface area (Å²) in [7, 11) is 0. The molecule has 0 unspecified atom stereocenters. The average molecular weight is 445 g/mol. The molecular formula is C20H26F3N3O5. The van der Waals surface area contributed by atoms with E-state index in [1.54, 1.807) is 12.4 Å². The van der Waals surface area contributed by atoms with E-state index in [-0.39, 0.29) is 17.7 Å². The van der Waals surface area contributed by atoms with Gasteiger partial charge in [-0.2, -0.15) is 13.2 Å². The van der Waals surface area contributed by atoms with Crippen molar-refractivity contribution in [2.45, 2.75) is 50.0 Å². The minimum absolute atomic E-state index is 0.0380. The highest BCUT2D eigenvalue weighted by molar-refractivity contribution is 5.75. The van der Waals surface area contributed by atoms with Crippen molar-refractivity contribution in [3.05, 3.63) is 24.5 Å². The first-order valence-corrected chi connectivity index (χ1v) is 10.2. The van der Waals surface area contributed by atoms with Crippen LogP contribution < -0.4 is 4.74 Å². The summed E-state index contributed by atoms with van der Waals surface area (Å²) in [4.78, 5) is 29.6. The predicted octanol–water partition coefficient (Wildman–Crippen LogP) is 2.93. The molecule has 172 valence electrons. The molecule has 8 nitrogen and oxygen atoms in total. The van der Waals surface area contributed by atoms with Crippen molar-refractivity contribution in [3.8, 4) is 5.75 Å². The minimum atomic E-state index is -5.08. The number of carboxylic acid groups (broad SMARTS) is 1. The Hall–Kier alpha value is -2.56. The van der Waals surface area contributed by atoms with Crippen LogP contribution in [0.4, 0.5) is 18.0 Å². The van der Waals surface area contributed by atoms with Gasteiger partial charge in [-0.25, -0.2) is 9.59 Å². The van der Waals surface area contributed by atoms with Crippen molar-refractivity contribution in [2.75, 3.05) is 32.8 Å². The summed E-state index contributed by atoms with van der Waals surface area (Å²) in [6.45, 7) is 3.91. The Balaban J connectivity index is 0.000000339. The number of aromatic nitrogens is 1. The number of hydrogen-bond donors (Lipinski definition) is 1. The van der Waals surface area contributed by atoms with Crippen LogP contribution in [0.15, 0.2) is 24.5 Å². The largest absolute Gasteiger partial charge is 0.490 e. The molecule has 3 aliphatic rings. The van der Waals surface area contributed by atoms with E-state index >= 15 is 0 Å². The maximum atomic E-state index is 12.7. The third-order valence-corrected chi connectivity index (χ3v) is 5.54. The number of carbonyl (C=O) groups is 2. The van der Waals surface area contributed by atoms with Crippen molar-refractivity contribution in [1.82, 2.24) is 14.8 Å². The van der Waals surface area contributed by atoms with Crippen LogP contribution in [0.1, 0.15) is 32.1 Å². The summed E-state index contributed by atoms with van der Waals surface area (Å²) in [6, 6.07) is 3.98. The number of amides is 2. The second-order valence-corrected chi connectivity index (χ2v) is 7.93. The number of urea groups is 1. The molecule has 3 saturated heterocycles. The number of aliphatic carboxylic acids is 1. The molecule has 31 heavy (non-hydrogen) atoms. The van der Waals surface area contributed by atoms with Crippen LogP contribution in [0, 0.1) is 0 Å². The normalized spacial score (nSPS) is 25.8. The minimum Gasteiger partial charge on any atom is -0.486 e. The van der Waals surface area contributed by atoms with Gasteiger partial charge in [0.2, 0.25) is 0 Å². The van der Waals surface area contributed by atoms with E-state index in [0.717, 1.165) is 57.5 Å². The molecule has 0 saturated carbocycles. The summed E-state index contributed by atoms with van der Waals surface area (Å²) in [5, 5.41) is 7.12. The lowest BCUT2D eigenvalue weighted by atomic mass is 9.89. The topological polar surface area (TPSA) is 92.2 Å². The van der Waals surface area contributed by atoms with Crippen molar-refractivity contribution in [3.63, 3.8) is 0 Å². The highest BCUT2D eigenvalue weighted by Crippen LogP contribution is 2.36. The lowest BCUT2D eigenvalue weighted by Gasteiger charge is -2.40. The predicted molar refractivity (Wildman–Crippen MR) is 103 cm³/mol. The lowest BCUT2D eigenvalue weighted by Crippen LogP contribution is -2.53. The highest BCUT2D eigenvalue weighted by Gasteiger charge is 2.46. The van der Waals surface area contributed by atoms with Crippen LogP contribution in [-0.4, -0.2) is 82.6 Å². The van der Waals surface area contributed by atoms with Crippen molar-refractivity contribution < 1.29 is 37.3 Å². The SMILES string of the molecule is O=C(N1CCCC1)N1CCC[C@]2(C[C@H](Oc3cccnc3)CO2)C1.O=C(O)C(F)(F)F. The summed E-state index contributed by atoms with van der Waals surface area (Å²) in [5.41, 5.74) is -0.236. The molecule has 2 amide bonds. The number of carboxylic acids is 1. The van der Waals surface area contributed by atoms with Crippen LogP contribution in [0.2, 0.25) is 0 Å². The van der Waals surface area contributed by atoms with Gasteiger partial charge in [0, 0.05) is 32.3 Å². The standard InChI is InChI=1S/C18H25N3O3.C2HF3O2/c22-17(20-8-1-2-9-20)21-10-4-6-18(14-21)11-16(13-23-18)24-15-5-3-7-19-12-15;3-2(4,5)1(6)7/h3,5,7,12,16H,1-2,4,6,8-11,13-14H2;(H,6,7)/t16-,18-;/m0./s1. The lowest BCUT2D eigenvalue weighted by molar-refractivity contribution is -0.192. The summed E-state index contributed by atoms with van der Waals surface area (Å²) in [5.74, 6) is -1.98. The molecule has 0 aliphatic carbocycles. The van der Waals surface area contributed by atoms with Gasteiger partial charge in [-0.3, -0.25) is 4.98 Å². The quantitative estimate of drug-likeness (QED) is 0.753. The molecule has 4 rings (SSSR count). The molecule has 2 atom stereocenters. The Bertz CT molecular complexity index is 758. The second kappa shape index (κ2) is 9.71. The number of likely N-dealkylation sites (tertiary alicyclic amines) is 2. The van der Waals surface area contributed by atoms with Gasteiger partial charge in [-0.15, -0.1) is 0 Å². The number of piperidine rings is 1. The molecular weight excluding hydrogens is 419 g/mol. The van der Waals surface area contributed by atoms with E-state index in [9.17, 15) is 18.0 Å². The van der Waals surface area contributed by atoms with E-state index in [4.69, 9.17) is 19.4 Å². The zero-order chi connectivity index (χ0) is 22.5. The number of carbonyl (C=O) groups excluding carboxylic acids is 1. The van der Waals surface area contributed by atoms with Gasteiger partial charge >= 0.3 is 18.2 Å². The Kier molecular flexibility index (Phi) is 7.24.